The Labute approximate surface area is 115 Å². The summed E-state index contributed by atoms with van der Waals surface area (Å²) in [6.45, 7) is -1.05. The van der Waals surface area contributed by atoms with Crippen LogP contribution in [-0.4, -0.2) is 22.2 Å². The van der Waals surface area contributed by atoms with Crippen LogP contribution >= 0.6 is 0 Å². The Kier molecular flexibility index (Phi) is 4.12. The van der Waals surface area contributed by atoms with E-state index in [0.717, 1.165) is 5.56 Å². The van der Waals surface area contributed by atoms with E-state index in [4.69, 9.17) is 0 Å². The van der Waals surface area contributed by atoms with Crippen LogP contribution in [0.2, 0.25) is 0 Å². The second-order valence-corrected chi connectivity index (χ2v) is 4.48. The lowest BCUT2D eigenvalue weighted by atomic mass is 9.91. The number of hydrogen-bond donors (Lipinski definition) is 1. The summed E-state index contributed by atoms with van der Waals surface area (Å²) < 4.78 is 26.4. The maximum atomic E-state index is 12.4. The van der Waals surface area contributed by atoms with Crippen LogP contribution < -0.4 is 5.32 Å². The van der Waals surface area contributed by atoms with Crippen molar-refractivity contribution in [2.75, 3.05) is 0 Å². The summed E-state index contributed by atoms with van der Waals surface area (Å²) in [7, 11) is 1.68. The number of hydrogen-bond acceptors (Lipinski definition) is 2. The molecule has 1 heterocycles. The highest BCUT2D eigenvalue weighted by atomic mass is 19.3. The molecule has 1 N–H and O–H groups in total. The van der Waals surface area contributed by atoms with Crippen LogP contribution in [0.4, 0.5) is 8.78 Å². The Balaban J connectivity index is 2.48. The lowest BCUT2D eigenvalue weighted by Crippen LogP contribution is -2.34. The molecule has 0 saturated heterocycles. The van der Waals surface area contributed by atoms with Crippen molar-refractivity contribution in [2.24, 2.45) is 7.05 Å². The molecule has 106 valence electrons. The van der Waals surface area contributed by atoms with Crippen LogP contribution in [0.15, 0.2) is 36.5 Å². The first kappa shape index (κ1) is 14.2. The number of nitrogens with one attached hydrogen (secondary N) is 1. The molecule has 4 nitrogen and oxygen atoms in total. The topological polar surface area (TPSA) is 46.9 Å². The Bertz CT molecular complexity index is 610. The maximum absolute atomic E-state index is 12.4. The molecule has 0 spiro atoms. The van der Waals surface area contributed by atoms with E-state index < -0.39 is 18.4 Å². The van der Waals surface area contributed by atoms with Crippen LogP contribution in [0.1, 0.15) is 22.7 Å². The third-order valence-corrected chi connectivity index (χ3v) is 3.17. The number of nitrogens with zero attached hydrogens (tertiary/aromatic N) is 2. The number of aromatic nitrogens is 2. The van der Waals surface area contributed by atoms with Crippen LogP contribution in [0.3, 0.4) is 0 Å². The average Bonchev–Trinajstić information content (AvgIpc) is 2.78. The second kappa shape index (κ2) is 5.81. The summed E-state index contributed by atoms with van der Waals surface area (Å²) in [4.78, 5) is 12.1. The number of benzene rings is 1. The predicted molar refractivity (Wildman–Crippen MR) is 70.4 cm³/mol. The lowest BCUT2D eigenvalue weighted by molar-refractivity contribution is -0.125. The molecule has 1 aromatic carbocycles. The summed E-state index contributed by atoms with van der Waals surface area (Å²) in [5.74, 6) is -1.55. The summed E-state index contributed by atoms with van der Waals surface area (Å²) in [6.07, 6.45) is 1.54. The van der Waals surface area contributed by atoms with E-state index in [1.807, 2.05) is 19.1 Å². The highest BCUT2D eigenvalue weighted by Gasteiger charge is 2.28. The van der Waals surface area contributed by atoms with Crippen molar-refractivity contribution in [3.63, 3.8) is 0 Å². The summed E-state index contributed by atoms with van der Waals surface area (Å²) in [6, 6.07) is 8.88. The number of carbonyl (C=O) groups excluding carboxylic acids is 1. The number of rotatable bonds is 4. The Morgan fingerprint density at radius 3 is 2.55 bits per heavy atom. The zero-order valence-corrected chi connectivity index (χ0v) is 11.2. The zero-order valence-electron chi connectivity index (χ0n) is 11.2. The molecule has 1 unspecified atom stereocenters. The van der Waals surface area contributed by atoms with Crippen molar-refractivity contribution in [3.05, 3.63) is 53.3 Å². The Morgan fingerprint density at radius 1 is 1.30 bits per heavy atom. The van der Waals surface area contributed by atoms with Crippen molar-refractivity contribution >= 4 is 5.91 Å². The quantitative estimate of drug-likeness (QED) is 0.872. The number of aryl methyl sites for hydroxylation is 2. The molecule has 2 aromatic rings. The number of carbonyl (C=O) groups is 1. The molecule has 0 aliphatic carbocycles. The van der Waals surface area contributed by atoms with Crippen molar-refractivity contribution in [2.45, 2.75) is 19.4 Å². The molecule has 0 aliphatic heterocycles. The van der Waals surface area contributed by atoms with Crippen LogP contribution in [0.25, 0.3) is 0 Å². The van der Waals surface area contributed by atoms with Gasteiger partial charge in [-0.25, -0.2) is 0 Å². The largest absolute Gasteiger partial charge is 0.315 e. The third kappa shape index (κ3) is 2.84. The molecule has 6 heteroatoms. The van der Waals surface area contributed by atoms with Crippen molar-refractivity contribution in [1.82, 2.24) is 15.1 Å². The normalized spacial score (nSPS) is 12.4. The first-order chi connectivity index (χ1) is 9.50. The van der Waals surface area contributed by atoms with Gasteiger partial charge >= 0.3 is 6.55 Å². The monoisotopic (exact) mass is 279 g/mol. The molecule has 0 fully saturated rings. The summed E-state index contributed by atoms with van der Waals surface area (Å²) in [5, 5.41) is 5.67. The standard InChI is InChI=1S/C14H15F2N3O/c1-9-5-3-4-6-10(9)12(13(20)18-14(15)16)11-7-8-17-19(11)2/h3-8,12,14H,1-2H3,(H,18,20). The van der Waals surface area contributed by atoms with Gasteiger partial charge in [0.25, 0.3) is 0 Å². The van der Waals surface area contributed by atoms with E-state index in [1.165, 1.54) is 10.9 Å². The molecule has 0 saturated carbocycles. The molecule has 0 bridgehead atoms. The van der Waals surface area contributed by atoms with Gasteiger partial charge in [0.1, 0.15) is 5.92 Å². The van der Waals surface area contributed by atoms with Gasteiger partial charge < -0.3 is 0 Å². The fraction of sp³-hybridized carbons (Fsp3) is 0.286. The van der Waals surface area contributed by atoms with Gasteiger partial charge in [0.15, 0.2) is 0 Å². The second-order valence-electron chi connectivity index (χ2n) is 4.48. The zero-order chi connectivity index (χ0) is 14.7. The van der Waals surface area contributed by atoms with Gasteiger partial charge in [-0.3, -0.25) is 14.8 Å². The lowest BCUT2D eigenvalue weighted by Gasteiger charge is -2.19. The van der Waals surface area contributed by atoms with Gasteiger partial charge in [0.05, 0.1) is 5.69 Å². The first-order valence-corrected chi connectivity index (χ1v) is 6.12. The molecular formula is C14H15F2N3O. The van der Waals surface area contributed by atoms with Gasteiger partial charge in [-0.2, -0.15) is 13.9 Å². The van der Waals surface area contributed by atoms with Gasteiger partial charge in [-0.15, -0.1) is 0 Å². The van der Waals surface area contributed by atoms with Crippen LogP contribution in [0, 0.1) is 6.92 Å². The predicted octanol–water partition coefficient (Wildman–Crippen LogP) is 2.20. The SMILES string of the molecule is Cc1ccccc1C(C(=O)NC(F)F)c1ccnn1C. The minimum absolute atomic E-state index is 0.567. The minimum Gasteiger partial charge on any atom is -0.299 e. The third-order valence-electron chi connectivity index (χ3n) is 3.17. The Morgan fingerprint density at radius 2 is 2.00 bits per heavy atom. The minimum atomic E-state index is -2.89. The highest BCUT2D eigenvalue weighted by molar-refractivity contribution is 5.87. The Hall–Kier alpha value is -2.24. The fourth-order valence-corrected chi connectivity index (χ4v) is 2.20. The van der Waals surface area contributed by atoms with Gasteiger partial charge in [0.2, 0.25) is 5.91 Å². The van der Waals surface area contributed by atoms with Crippen molar-refractivity contribution < 1.29 is 13.6 Å². The van der Waals surface area contributed by atoms with Crippen molar-refractivity contribution in [3.8, 4) is 0 Å². The maximum Gasteiger partial charge on any atom is 0.315 e. The average molecular weight is 279 g/mol. The highest BCUT2D eigenvalue weighted by Crippen LogP contribution is 2.27. The number of alkyl halides is 2. The molecule has 0 aliphatic rings. The molecular weight excluding hydrogens is 264 g/mol. The number of halogens is 2. The van der Waals surface area contributed by atoms with E-state index in [1.54, 1.807) is 30.6 Å². The smallest absolute Gasteiger partial charge is 0.299 e. The molecule has 2 rings (SSSR count). The van der Waals surface area contributed by atoms with E-state index in [-0.39, 0.29) is 0 Å². The van der Waals surface area contributed by atoms with Gasteiger partial charge in [-0.05, 0) is 24.1 Å². The first-order valence-electron chi connectivity index (χ1n) is 6.12. The van der Waals surface area contributed by atoms with Crippen LogP contribution in [0.5, 0.6) is 0 Å². The molecule has 20 heavy (non-hydrogen) atoms. The van der Waals surface area contributed by atoms with E-state index >= 15 is 0 Å². The van der Waals surface area contributed by atoms with Crippen LogP contribution in [-0.2, 0) is 11.8 Å². The number of amides is 1. The summed E-state index contributed by atoms with van der Waals surface area (Å²) in [5.41, 5.74) is 2.12. The van der Waals surface area contributed by atoms with E-state index in [0.29, 0.717) is 11.3 Å². The molecule has 1 amide bonds. The molecule has 0 radical (unpaired) electrons. The van der Waals surface area contributed by atoms with E-state index in [2.05, 4.69) is 5.10 Å². The van der Waals surface area contributed by atoms with E-state index in [9.17, 15) is 13.6 Å². The van der Waals surface area contributed by atoms with Gasteiger partial charge in [-0.1, -0.05) is 24.3 Å². The molecule has 1 aromatic heterocycles. The van der Waals surface area contributed by atoms with Gasteiger partial charge in [0, 0.05) is 13.2 Å². The molecule has 1 atom stereocenters. The summed E-state index contributed by atoms with van der Waals surface area (Å²) >= 11 is 0. The fourth-order valence-electron chi connectivity index (χ4n) is 2.20. The van der Waals surface area contributed by atoms with Crippen molar-refractivity contribution in [1.29, 1.82) is 0 Å².